The molecule has 0 fully saturated rings. The van der Waals surface area contributed by atoms with Gasteiger partial charge in [0.1, 0.15) is 13.2 Å². The molecule has 8 nitrogen and oxygen atoms in total. The van der Waals surface area contributed by atoms with E-state index in [1.54, 1.807) is 24.3 Å². The highest BCUT2D eigenvalue weighted by Crippen LogP contribution is 2.36. The Hall–Kier alpha value is -5.35. The maximum Gasteiger partial charge on any atom is 0.271 e. The molecule has 6 aromatic rings. The number of hydrazone groups is 1. The molecule has 0 bridgehead atoms. The van der Waals surface area contributed by atoms with E-state index in [1.165, 1.54) is 23.1 Å². The summed E-state index contributed by atoms with van der Waals surface area (Å²) in [7, 11) is 0. The zero-order valence-electron chi connectivity index (χ0n) is 27.9. The second-order valence-corrected chi connectivity index (χ2v) is 13.1. The molecule has 1 amide bonds. The van der Waals surface area contributed by atoms with E-state index < -0.39 is 0 Å². The smallest absolute Gasteiger partial charge is 0.271 e. The number of benzene rings is 5. The minimum Gasteiger partial charge on any atom is -0.490 e. The molecule has 1 heterocycles. The van der Waals surface area contributed by atoms with Gasteiger partial charge in [0.25, 0.3) is 5.91 Å². The van der Waals surface area contributed by atoms with Crippen molar-refractivity contribution in [2.45, 2.75) is 27.1 Å². The quantitative estimate of drug-likeness (QED) is 0.0854. The highest BCUT2D eigenvalue weighted by Gasteiger charge is 2.13. The van der Waals surface area contributed by atoms with Gasteiger partial charge in [-0.15, -0.1) is 11.3 Å². The van der Waals surface area contributed by atoms with Gasteiger partial charge in [-0.3, -0.25) is 4.79 Å². The summed E-state index contributed by atoms with van der Waals surface area (Å²) in [5.74, 6) is 1.24. The zero-order chi connectivity index (χ0) is 35.6. The molecular formula is C40H34Cl2N4O4S. The number of aromatic nitrogens is 1. The maximum absolute atomic E-state index is 12.8. The summed E-state index contributed by atoms with van der Waals surface area (Å²) in [5.41, 5.74) is 9.39. The summed E-state index contributed by atoms with van der Waals surface area (Å²) >= 11 is 14.6. The van der Waals surface area contributed by atoms with Crippen LogP contribution in [0.5, 0.6) is 17.2 Å². The van der Waals surface area contributed by atoms with Gasteiger partial charge >= 0.3 is 0 Å². The van der Waals surface area contributed by atoms with Gasteiger partial charge in [-0.25, -0.2) is 10.4 Å². The van der Waals surface area contributed by atoms with Gasteiger partial charge in [-0.05, 0) is 79.1 Å². The second kappa shape index (κ2) is 17.0. The van der Waals surface area contributed by atoms with Crippen molar-refractivity contribution >= 4 is 57.5 Å². The van der Waals surface area contributed by atoms with Gasteiger partial charge in [-0.1, -0.05) is 89.4 Å². The van der Waals surface area contributed by atoms with Crippen LogP contribution in [-0.2, 0) is 13.2 Å². The van der Waals surface area contributed by atoms with E-state index in [9.17, 15) is 4.79 Å². The van der Waals surface area contributed by atoms with Crippen LogP contribution in [0.4, 0.5) is 10.8 Å². The molecule has 6 rings (SSSR count). The Morgan fingerprint density at radius 3 is 2.27 bits per heavy atom. The third kappa shape index (κ3) is 9.67. The lowest BCUT2D eigenvalue weighted by Crippen LogP contribution is -2.17. The number of carbonyl (C=O) groups excluding carboxylic acids is 1. The van der Waals surface area contributed by atoms with Crippen molar-refractivity contribution < 1.29 is 19.0 Å². The average molecular weight is 738 g/mol. The lowest BCUT2D eigenvalue weighted by atomic mass is 10.1. The first kappa shape index (κ1) is 35.5. The van der Waals surface area contributed by atoms with Gasteiger partial charge < -0.3 is 19.5 Å². The van der Waals surface area contributed by atoms with Gasteiger partial charge in [0, 0.05) is 22.2 Å². The van der Waals surface area contributed by atoms with Crippen molar-refractivity contribution in [2.75, 3.05) is 11.9 Å². The molecule has 0 saturated carbocycles. The SMILES string of the molecule is CCOc1cc(COc2c(Cl)cc(/C=N/NC(=O)c3ccc(-c4csc(Nc5ccc(C)cc5)n4)cc3)cc2Cl)ccc1OCc1ccccc1. The molecule has 0 atom stereocenters. The summed E-state index contributed by atoms with van der Waals surface area (Å²) in [6, 6.07) is 34.2. The summed E-state index contributed by atoms with van der Waals surface area (Å²) in [4.78, 5) is 17.4. The summed E-state index contributed by atoms with van der Waals surface area (Å²) < 4.78 is 17.8. The van der Waals surface area contributed by atoms with Crippen LogP contribution in [0.25, 0.3) is 11.3 Å². The average Bonchev–Trinajstić information content (AvgIpc) is 3.61. The van der Waals surface area contributed by atoms with Crippen molar-refractivity contribution in [3.8, 4) is 28.5 Å². The van der Waals surface area contributed by atoms with E-state index in [1.807, 2.05) is 97.2 Å². The third-order valence-electron chi connectivity index (χ3n) is 7.58. The van der Waals surface area contributed by atoms with Crippen LogP contribution in [0.15, 0.2) is 120 Å². The summed E-state index contributed by atoms with van der Waals surface area (Å²) in [5, 5.41) is 10.8. The number of halogens is 2. The lowest BCUT2D eigenvalue weighted by Gasteiger charge is -2.15. The van der Waals surface area contributed by atoms with Crippen molar-refractivity contribution in [3.05, 3.63) is 152 Å². The predicted octanol–water partition coefficient (Wildman–Crippen LogP) is 10.5. The van der Waals surface area contributed by atoms with E-state index in [0.717, 1.165) is 33.2 Å². The van der Waals surface area contributed by atoms with Crippen LogP contribution in [0.2, 0.25) is 10.0 Å². The highest BCUT2D eigenvalue weighted by atomic mass is 35.5. The molecular weight excluding hydrogens is 703 g/mol. The number of anilines is 2. The number of aryl methyl sites for hydroxylation is 1. The third-order valence-corrected chi connectivity index (χ3v) is 8.90. The number of thiazole rings is 1. The molecule has 0 saturated heterocycles. The van der Waals surface area contributed by atoms with Crippen molar-refractivity contribution in [1.29, 1.82) is 0 Å². The first-order valence-corrected chi connectivity index (χ1v) is 17.8. The number of hydrogen-bond donors (Lipinski definition) is 2. The van der Waals surface area contributed by atoms with Crippen molar-refractivity contribution in [3.63, 3.8) is 0 Å². The minimum absolute atomic E-state index is 0.203. The van der Waals surface area contributed by atoms with Gasteiger partial charge in [0.05, 0.1) is 28.6 Å². The Kier molecular flexibility index (Phi) is 11.9. The Bertz CT molecular complexity index is 2100. The van der Waals surface area contributed by atoms with Crippen LogP contribution in [0.3, 0.4) is 0 Å². The molecule has 0 radical (unpaired) electrons. The maximum atomic E-state index is 12.8. The van der Waals surface area contributed by atoms with Crippen molar-refractivity contribution in [1.82, 2.24) is 10.4 Å². The largest absolute Gasteiger partial charge is 0.490 e. The fraction of sp³-hybridized carbons (Fsp3) is 0.125. The predicted molar refractivity (Wildman–Crippen MR) is 206 cm³/mol. The number of ether oxygens (including phenoxy) is 3. The first-order valence-electron chi connectivity index (χ1n) is 16.1. The standard InChI is InChI=1S/C40H34Cl2N4O4S/c1-3-48-37-21-28(11-18-36(37)49-23-27-7-5-4-6-8-27)24-50-38-33(41)19-29(20-34(38)42)22-43-46-39(47)31-14-12-30(13-15-31)35-25-51-40(45-35)44-32-16-9-26(2)10-17-32/h4-22,25H,3,23-24H2,1-2H3,(H,44,45)(H,46,47)/b43-22+. The van der Waals surface area contributed by atoms with Gasteiger partial charge in [0.2, 0.25) is 0 Å². The van der Waals surface area contributed by atoms with Crippen LogP contribution in [-0.4, -0.2) is 23.7 Å². The van der Waals surface area contributed by atoms with E-state index in [4.69, 9.17) is 37.4 Å². The van der Waals surface area contributed by atoms with E-state index in [-0.39, 0.29) is 12.5 Å². The Morgan fingerprint density at radius 2 is 1.55 bits per heavy atom. The number of amides is 1. The van der Waals surface area contributed by atoms with Crippen LogP contribution in [0.1, 0.15) is 39.5 Å². The molecule has 0 unspecified atom stereocenters. The Balaban J connectivity index is 1.02. The molecule has 258 valence electrons. The zero-order valence-corrected chi connectivity index (χ0v) is 30.2. The highest BCUT2D eigenvalue weighted by molar-refractivity contribution is 7.14. The molecule has 11 heteroatoms. The Labute approximate surface area is 310 Å². The molecule has 2 N–H and O–H groups in total. The molecule has 5 aromatic carbocycles. The summed E-state index contributed by atoms with van der Waals surface area (Å²) in [6.45, 7) is 5.09. The number of carbonyl (C=O) groups is 1. The molecule has 0 aliphatic carbocycles. The number of rotatable bonds is 14. The number of nitrogens with one attached hydrogen (secondary N) is 2. The van der Waals surface area contributed by atoms with Gasteiger partial charge in [0.15, 0.2) is 22.4 Å². The van der Waals surface area contributed by atoms with E-state index >= 15 is 0 Å². The van der Waals surface area contributed by atoms with Gasteiger partial charge in [-0.2, -0.15) is 5.10 Å². The molecule has 0 spiro atoms. The fourth-order valence-corrected chi connectivity index (χ4v) is 6.31. The van der Waals surface area contributed by atoms with E-state index in [0.29, 0.717) is 51.6 Å². The summed E-state index contributed by atoms with van der Waals surface area (Å²) in [6.07, 6.45) is 1.47. The minimum atomic E-state index is -0.363. The first-order chi connectivity index (χ1) is 24.8. The normalized spacial score (nSPS) is 11.0. The fourth-order valence-electron chi connectivity index (χ4n) is 4.96. The van der Waals surface area contributed by atoms with Crippen LogP contribution >= 0.6 is 34.5 Å². The Morgan fingerprint density at radius 1 is 0.824 bits per heavy atom. The monoisotopic (exact) mass is 736 g/mol. The number of hydrogen-bond acceptors (Lipinski definition) is 8. The second-order valence-electron chi connectivity index (χ2n) is 11.4. The molecule has 51 heavy (non-hydrogen) atoms. The molecule has 0 aliphatic rings. The lowest BCUT2D eigenvalue weighted by molar-refractivity contribution is 0.0955. The molecule has 1 aromatic heterocycles. The van der Waals surface area contributed by atoms with Crippen LogP contribution in [0, 0.1) is 6.92 Å². The number of nitrogens with zero attached hydrogens (tertiary/aromatic N) is 2. The van der Waals surface area contributed by atoms with E-state index in [2.05, 4.69) is 27.8 Å². The van der Waals surface area contributed by atoms with Crippen molar-refractivity contribution in [2.24, 2.45) is 5.10 Å². The molecule has 0 aliphatic heterocycles. The topological polar surface area (TPSA) is 94.1 Å². The van der Waals surface area contributed by atoms with Crippen LogP contribution < -0.4 is 25.0 Å².